The van der Waals surface area contributed by atoms with Gasteiger partial charge in [0.1, 0.15) is 5.82 Å². The fourth-order valence-electron chi connectivity index (χ4n) is 3.47. The third kappa shape index (κ3) is 3.25. The van der Waals surface area contributed by atoms with Crippen molar-refractivity contribution < 1.29 is 4.79 Å². The zero-order valence-electron chi connectivity index (χ0n) is 14.2. The van der Waals surface area contributed by atoms with E-state index in [0.29, 0.717) is 24.5 Å². The molecule has 0 bridgehead atoms. The number of H-pyrrole nitrogens is 1. The molecule has 1 aromatic heterocycles. The van der Waals surface area contributed by atoms with Gasteiger partial charge in [-0.2, -0.15) is 0 Å². The molecular weight excluding hydrogens is 302 g/mol. The Bertz CT molecular complexity index is 785. The SMILES string of the molecule is Cc1cc(=O)[nH]c([C@]2(C)CCCN2C(=O)CCc2ccccc2)n1. The van der Waals surface area contributed by atoms with E-state index >= 15 is 0 Å². The molecule has 1 atom stereocenters. The van der Waals surface area contributed by atoms with Crippen molar-refractivity contribution in [1.29, 1.82) is 0 Å². The van der Waals surface area contributed by atoms with E-state index in [0.717, 1.165) is 24.8 Å². The summed E-state index contributed by atoms with van der Waals surface area (Å²) in [6, 6.07) is 11.5. The van der Waals surface area contributed by atoms with Crippen molar-refractivity contribution in [1.82, 2.24) is 14.9 Å². The Morgan fingerprint density at radius 1 is 1.33 bits per heavy atom. The molecule has 0 unspecified atom stereocenters. The normalized spacial score (nSPS) is 20.3. The number of nitrogens with zero attached hydrogens (tertiary/aromatic N) is 2. The molecule has 126 valence electrons. The summed E-state index contributed by atoms with van der Waals surface area (Å²) in [5, 5.41) is 0. The molecular formula is C19H23N3O2. The van der Waals surface area contributed by atoms with Gasteiger partial charge in [-0.25, -0.2) is 4.98 Å². The standard InChI is InChI=1S/C19H23N3O2/c1-14-13-16(23)21-18(20-14)19(2)11-6-12-22(19)17(24)10-9-15-7-4-3-5-8-15/h3-5,7-8,13H,6,9-12H2,1-2H3,(H,20,21,23)/t19-/m0/s1. The van der Waals surface area contributed by atoms with E-state index < -0.39 is 5.54 Å². The number of aromatic amines is 1. The Balaban J connectivity index is 1.79. The van der Waals surface area contributed by atoms with E-state index in [1.165, 1.54) is 6.07 Å². The van der Waals surface area contributed by atoms with Crippen LogP contribution in [-0.4, -0.2) is 27.3 Å². The van der Waals surface area contributed by atoms with Crippen molar-refractivity contribution in [2.45, 2.75) is 45.1 Å². The molecule has 1 N–H and O–H groups in total. The number of amides is 1. The molecule has 3 rings (SSSR count). The number of aromatic nitrogens is 2. The van der Waals surface area contributed by atoms with E-state index in [1.54, 1.807) is 6.92 Å². The van der Waals surface area contributed by atoms with Crippen LogP contribution in [0.15, 0.2) is 41.2 Å². The number of likely N-dealkylation sites (tertiary alicyclic amines) is 1. The van der Waals surface area contributed by atoms with E-state index in [4.69, 9.17) is 0 Å². The maximum absolute atomic E-state index is 12.8. The lowest BCUT2D eigenvalue weighted by atomic mass is 9.96. The first-order valence-corrected chi connectivity index (χ1v) is 8.42. The van der Waals surface area contributed by atoms with Crippen LogP contribution in [0.3, 0.4) is 0 Å². The molecule has 1 aliphatic heterocycles. The quantitative estimate of drug-likeness (QED) is 0.939. The minimum Gasteiger partial charge on any atom is -0.330 e. The number of nitrogens with one attached hydrogen (secondary N) is 1. The van der Waals surface area contributed by atoms with Crippen molar-refractivity contribution >= 4 is 5.91 Å². The Labute approximate surface area is 141 Å². The van der Waals surface area contributed by atoms with Crippen molar-refractivity contribution in [3.8, 4) is 0 Å². The summed E-state index contributed by atoms with van der Waals surface area (Å²) < 4.78 is 0. The van der Waals surface area contributed by atoms with Crippen LogP contribution in [0.2, 0.25) is 0 Å². The van der Waals surface area contributed by atoms with Crippen LogP contribution < -0.4 is 5.56 Å². The van der Waals surface area contributed by atoms with Gasteiger partial charge in [0.05, 0.1) is 5.54 Å². The maximum atomic E-state index is 12.8. The molecule has 1 saturated heterocycles. The highest BCUT2D eigenvalue weighted by atomic mass is 16.2. The smallest absolute Gasteiger partial charge is 0.251 e. The number of benzene rings is 1. The summed E-state index contributed by atoms with van der Waals surface area (Å²) in [6.45, 7) is 4.51. The number of carbonyl (C=O) groups is 1. The second kappa shape index (κ2) is 6.59. The van der Waals surface area contributed by atoms with Gasteiger partial charge < -0.3 is 9.88 Å². The fraction of sp³-hybridized carbons (Fsp3) is 0.421. The van der Waals surface area contributed by atoms with Gasteiger partial charge in [-0.3, -0.25) is 9.59 Å². The van der Waals surface area contributed by atoms with Crippen LogP contribution in [0.5, 0.6) is 0 Å². The molecule has 0 radical (unpaired) electrons. The average molecular weight is 325 g/mol. The number of hydrogen-bond acceptors (Lipinski definition) is 3. The molecule has 1 aromatic carbocycles. The van der Waals surface area contributed by atoms with Crippen molar-refractivity contribution in [2.24, 2.45) is 0 Å². The lowest BCUT2D eigenvalue weighted by molar-refractivity contribution is -0.135. The maximum Gasteiger partial charge on any atom is 0.251 e. The monoisotopic (exact) mass is 325 g/mol. The number of rotatable bonds is 4. The Hall–Kier alpha value is -2.43. The Morgan fingerprint density at radius 3 is 2.79 bits per heavy atom. The minimum atomic E-state index is -0.529. The number of carbonyl (C=O) groups excluding carboxylic acids is 1. The molecule has 0 spiro atoms. The van der Waals surface area contributed by atoms with Crippen LogP contribution in [0.1, 0.15) is 43.3 Å². The second-order valence-electron chi connectivity index (χ2n) is 6.64. The molecule has 24 heavy (non-hydrogen) atoms. The number of hydrogen-bond donors (Lipinski definition) is 1. The van der Waals surface area contributed by atoms with Crippen LogP contribution in [0.25, 0.3) is 0 Å². The van der Waals surface area contributed by atoms with E-state index in [1.807, 2.05) is 42.2 Å². The fourth-order valence-corrected chi connectivity index (χ4v) is 3.47. The lowest BCUT2D eigenvalue weighted by Crippen LogP contribution is -2.45. The molecule has 1 fully saturated rings. The molecule has 2 aromatic rings. The predicted octanol–water partition coefficient (Wildman–Crippen LogP) is 2.55. The number of aryl methyl sites for hydroxylation is 2. The minimum absolute atomic E-state index is 0.114. The molecule has 0 aliphatic carbocycles. The molecule has 5 heteroatoms. The predicted molar refractivity (Wildman–Crippen MR) is 92.7 cm³/mol. The topological polar surface area (TPSA) is 66.1 Å². The van der Waals surface area contributed by atoms with Crippen LogP contribution >= 0.6 is 0 Å². The Morgan fingerprint density at radius 2 is 2.08 bits per heavy atom. The van der Waals surface area contributed by atoms with E-state index in [-0.39, 0.29) is 11.5 Å². The first kappa shape index (κ1) is 16.4. The van der Waals surface area contributed by atoms with Crippen LogP contribution in [0.4, 0.5) is 0 Å². The highest BCUT2D eigenvalue weighted by Gasteiger charge is 2.42. The van der Waals surface area contributed by atoms with Gasteiger partial charge in [0, 0.05) is 24.7 Å². The summed E-state index contributed by atoms with van der Waals surface area (Å²) in [5.41, 5.74) is 1.15. The summed E-state index contributed by atoms with van der Waals surface area (Å²) in [6.07, 6.45) is 2.93. The van der Waals surface area contributed by atoms with Crippen LogP contribution in [-0.2, 0) is 16.8 Å². The van der Waals surface area contributed by atoms with Crippen molar-refractivity contribution in [3.63, 3.8) is 0 Å². The lowest BCUT2D eigenvalue weighted by Gasteiger charge is -2.34. The summed E-state index contributed by atoms with van der Waals surface area (Å²) in [7, 11) is 0. The van der Waals surface area contributed by atoms with Crippen molar-refractivity contribution in [3.05, 3.63) is 63.8 Å². The molecule has 1 aliphatic rings. The first-order chi connectivity index (χ1) is 11.5. The highest BCUT2D eigenvalue weighted by molar-refractivity contribution is 5.77. The highest BCUT2D eigenvalue weighted by Crippen LogP contribution is 2.36. The summed E-state index contributed by atoms with van der Waals surface area (Å²) in [5.74, 6) is 0.709. The van der Waals surface area contributed by atoms with Gasteiger partial charge in [0.25, 0.3) is 5.56 Å². The van der Waals surface area contributed by atoms with Gasteiger partial charge in [-0.1, -0.05) is 30.3 Å². The van der Waals surface area contributed by atoms with E-state index in [2.05, 4.69) is 9.97 Å². The van der Waals surface area contributed by atoms with Gasteiger partial charge in [-0.05, 0) is 38.7 Å². The molecule has 1 amide bonds. The zero-order valence-corrected chi connectivity index (χ0v) is 14.2. The Kier molecular flexibility index (Phi) is 4.51. The molecule has 0 saturated carbocycles. The van der Waals surface area contributed by atoms with Gasteiger partial charge in [0.15, 0.2) is 0 Å². The third-order valence-corrected chi connectivity index (χ3v) is 4.79. The molecule has 5 nitrogen and oxygen atoms in total. The van der Waals surface area contributed by atoms with Gasteiger partial charge in [-0.15, -0.1) is 0 Å². The van der Waals surface area contributed by atoms with Crippen molar-refractivity contribution in [2.75, 3.05) is 6.54 Å². The molecule has 2 heterocycles. The zero-order chi connectivity index (χ0) is 17.2. The van der Waals surface area contributed by atoms with Crippen LogP contribution in [0, 0.1) is 6.92 Å². The van der Waals surface area contributed by atoms with Gasteiger partial charge >= 0.3 is 0 Å². The van der Waals surface area contributed by atoms with Gasteiger partial charge in [0.2, 0.25) is 5.91 Å². The summed E-state index contributed by atoms with van der Waals surface area (Å²) in [4.78, 5) is 33.8. The largest absolute Gasteiger partial charge is 0.330 e. The first-order valence-electron chi connectivity index (χ1n) is 8.42. The summed E-state index contributed by atoms with van der Waals surface area (Å²) >= 11 is 0. The average Bonchev–Trinajstić information content (AvgIpc) is 2.96. The van der Waals surface area contributed by atoms with E-state index in [9.17, 15) is 9.59 Å². The third-order valence-electron chi connectivity index (χ3n) is 4.79. The second-order valence-corrected chi connectivity index (χ2v) is 6.64.